The predicted octanol–water partition coefficient (Wildman–Crippen LogP) is 2.80. The van der Waals surface area contributed by atoms with Gasteiger partial charge < -0.3 is 15.4 Å². The molecule has 0 radical (unpaired) electrons. The summed E-state index contributed by atoms with van der Waals surface area (Å²) in [5, 5.41) is 5.90. The third-order valence-electron chi connectivity index (χ3n) is 2.65. The molecule has 106 valence electrons. The lowest BCUT2D eigenvalue weighted by Crippen LogP contribution is -2.30. The molecule has 4 nitrogen and oxygen atoms in total. The molecule has 4 heteroatoms. The Morgan fingerprint density at radius 1 is 1.16 bits per heavy atom. The van der Waals surface area contributed by atoms with E-state index in [1.807, 2.05) is 31.2 Å². The van der Waals surface area contributed by atoms with Gasteiger partial charge in [-0.05, 0) is 37.1 Å². The zero-order valence-electron chi connectivity index (χ0n) is 11.9. The number of carbonyl (C=O) groups excluding carboxylic acids is 1. The lowest BCUT2D eigenvalue weighted by atomic mass is 10.3. The fraction of sp³-hybridized carbons (Fsp3) is 0.533. The molecule has 0 aliphatic rings. The first-order valence-corrected chi connectivity index (χ1v) is 6.99. The second kappa shape index (κ2) is 9.25. The summed E-state index contributed by atoms with van der Waals surface area (Å²) in [6.07, 6.45) is 3.15. The first kappa shape index (κ1) is 15.3. The zero-order chi connectivity index (χ0) is 13.9. The zero-order valence-corrected chi connectivity index (χ0v) is 11.9. The predicted molar refractivity (Wildman–Crippen MR) is 78.6 cm³/mol. The number of anilines is 1. The number of ether oxygens (including phenoxy) is 1. The van der Waals surface area contributed by atoms with Crippen LogP contribution in [0, 0.1) is 0 Å². The van der Waals surface area contributed by atoms with Crippen molar-refractivity contribution in [3.05, 3.63) is 24.3 Å². The van der Waals surface area contributed by atoms with E-state index in [-0.39, 0.29) is 5.91 Å². The quantitative estimate of drug-likeness (QED) is 0.674. The van der Waals surface area contributed by atoms with Gasteiger partial charge >= 0.3 is 0 Å². The smallest absolute Gasteiger partial charge is 0.239 e. The summed E-state index contributed by atoms with van der Waals surface area (Å²) in [6.45, 7) is 5.95. The van der Waals surface area contributed by atoms with Crippen LogP contribution in [0.3, 0.4) is 0 Å². The van der Waals surface area contributed by atoms with Gasteiger partial charge in [0.15, 0.2) is 0 Å². The maximum absolute atomic E-state index is 11.4. The summed E-state index contributed by atoms with van der Waals surface area (Å²) in [4.78, 5) is 11.4. The molecule has 1 rings (SSSR count). The fourth-order valence-electron chi connectivity index (χ4n) is 1.51. The number of benzene rings is 1. The Bertz CT molecular complexity index is 363. The summed E-state index contributed by atoms with van der Waals surface area (Å²) in [5.74, 6) is 0.888. The SMILES string of the molecule is CCCCOc1ccc(NCC(=O)NCCC)cc1. The Hall–Kier alpha value is -1.71. The number of unbranched alkanes of at least 4 members (excludes halogenated alkanes) is 1. The van der Waals surface area contributed by atoms with Crippen LogP contribution in [0.15, 0.2) is 24.3 Å². The van der Waals surface area contributed by atoms with Crippen molar-refractivity contribution in [1.29, 1.82) is 0 Å². The largest absolute Gasteiger partial charge is 0.494 e. The Morgan fingerprint density at radius 2 is 1.89 bits per heavy atom. The molecule has 0 fully saturated rings. The monoisotopic (exact) mass is 264 g/mol. The molecule has 19 heavy (non-hydrogen) atoms. The van der Waals surface area contributed by atoms with Gasteiger partial charge in [-0.3, -0.25) is 4.79 Å². The third-order valence-corrected chi connectivity index (χ3v) is 2.65. The minimum absolute atomic E-state index is 0.0186. The first-order chi connectivity index (χ1) is 9.26. The molecule has 0 bridgehead atoms. The Kier molecular flexibility index (Phi) is 7.47. The van der Waals surface area contributed by atoms with Gasteiger partial charge in [0, 0.05) is 12.2 Å². The molecule has 0 spiro atoms. The van der Waals surface area contributed by atoms with Gasteiger partial charge in [0.05, 0.1) is 13.2 Å². The van der Waals surface area contributed by atoms with Gasteiger partial charge in [0.25, 0.3) is 0 Å². The topological polar surface area (TPSA) is 50.4 Å². The highest BCUT2D eigenvalue weighted by Crippen LogP contribution is 2.15. The van der Waals surface area contributed by atoms with Crippen LogP contribution in [0.25, 0.3) is 0 Å². The van der Waals surface area contributed by atoms with Crippen molar-refractivity contribution in [3.63, 3.8) is 0 Å². The van der Waals surface area contributed by atoms with Gasteiger partial charge in [0.1, 0.15) is 5.75 Å². The standard InChI is InChI=1S/C15H24N2O2/c1-3-5-11-19-14-8-6-13(7-9-14)17-12-15(18)16-10-4-2/h6-9,17H,3-5,10-12H2,1-2H3,(H,16,18). The highest BCUT2D eigenvalue weighted by Gasteiger charge is 2.00. The van der Waals surface area contributed by atoms with E-state index in [0.29, 0.717) is 6.54 Å². The molecule has 0 saturated heterocycles. The number of hydrogen-bond acceptors (Lipinski definition) is 3. The van der Waals surface area contributed by atoms with Crippen molar-refractivity contribution < 1.29 is 9.53 Å². The van der Waals surface area contributed by atoms with Crippen molar-refractivity contribution >= 4 is 11.6 Å². The van der Waals surface area contributed by atoms with Crippen LogP contribution in [0.1, 0.15) is 33.1 Å². The molecule has 0 unspecified atom stereocenters. The third kappa shape index (κ3) is 6.70. The number of amides is 1. The van der Waals surface area contributed by atoms with Crippen molar-refractivity contribution in [2.45, 2.75) is 33.1 Å². The highest BCUT2D eigenvalue weighted by atomic mass is 16.5. The molecular weight excluding hydrogens is 240 g/mol. The van der Waals surface area contributed by atoms with Gasteiger partial charge in [-0.1, -0.05) is 20.3 Å². The average molecular weight is 264 g/mol. The number of rotatable bonds is 9. The van der Waals surface area contributed by atoms with Crippen LogP contribution in [0.4, 0.5) is 5.69 Å². The molecule has 0 saturated carbocycles. The van der Waals surface area contributed by atoms with Crippen molar-refractivity contribution in [2.24, 2.45) is 0 Å². The van der Waals surface area contributed by atoms with E-state index in [1.54, 1.807) is 0 Å². The van der Waals surface area contributed by atoms with Gasteiger partial charge in [0.2, 0.25) is 5.91 Å². The van der Waals surface area contributed by atoms with Crippen LogP contribution in [-0.2, 0) is 4.79 Å². The molecule has 1 amide bonds. The summed E-state index contributed by atoms with van der Waals surface area (Å²) < 4.78 is 5.57. The maximum atomic E-state index is 11.4. The highest BCUT2D eigenvalue weighted by molar-refractivity contribution is 5.80. The van der Waals surface area contributed by atoms with E-state index < -0.39 is 0 Å². The molecule has 1 aromatic carbocycles. The van der Waals surface area contributed by atoms with E-state index in [2.05, 4.69) is 17.6 Å². The molecule has 0 aliphatic heterocycles. The Labute approximate surface area is 115 Å². The Balaban J connectivity index is 2.29. The van der Waals surface area contributed by atoms with Crippen molar-refractivity contribution in [1.82, 2.24) is 5.32 Å². The Morgan fingerprint density at radius 3 is 2.53 bits per heavy atom. The van der Waals surface area contributed by atoms with E-state index in [1.165, 1.54) is 0 Å². The second-order valence-corrected chi connectivity index (χ2v) is 4.43. The molecule has 0 aliphatic carbocycles. The molecular formula is C15H24N2O2. The summed E-state index contributed by atoms with van der Waals surface area (Å²) >= 11 is 0. The molecule has 0 aromatic heterocycles. The van der Waals surface area contributed by atoms with Crippen LogP contribution in [0.5, 0.6) is 5.75 Å². The van der Waals surface area contributed by atoms with Crippen LogP contribution < -0.4 is 15.4 Å². The average Bonchev–Trinajstić information content (AvgIpc) is 2.44. The van der Waals surface area contributed by atoms with E-state index in [4.69, 9.17) is 4.74 Å². The maximum Gasteiger partial charge on any atom is 0.239 e. The molecule has 0 atom stereocenters. The number of carbonyl (C=O) groups is 1. The summed E-state index contributed by atoms with van der Waals surface area (Å²) in [6, 6.07) is 7.69. The lowest BCUT2D eigenvalue weighted by molar-refractivity contribution is -0.119. The van der Waals surface area contributed by atoms with Crippen molar-refractivity contribution in [3.8, 4) is 5.75 Å². The molecule has 2 N–H and O–H groups in total. The summed E-state index contributed by atoms with van der Waals surface area (Å²) in [7, 11) is 0. The lowest BCUT2D eigenvalue weighted by Gasteiger charge is -2.09. The van der Waals surface area contributed by atoms with E-state index in [9.17, 15) is 4.79 Å². The summed E-state index contributed by atoms with van der Waals surface area (Å²) in [5.41, 5.74) is 0.925. The van der Waals surface area contributed by atoms with Gasteiger partial charge in [-0.2, -0.15) is 0 Å². The van der Waals surface area contributed by atoms with Crippen LogP contribution >= 0.6 is 0 Å². The van der Waals surface area contributed by atoms with Gasteiger partial charge in [-0.25, -0.2) is 0 Å². The number of nitrogens with one attached hydrogen (secondary N) is 2. The number of hydrogen-bond donors (Lipinski definition) is 2. The minimum Gasteiger partial charge on any atom is -0.494 e. The second-order valence-electron chi connectivity index (χ2n) is 4.43. The minimum atomic E-state index is 0.0186. The van der Waals surface area contributed by atoms with Crippen molar-refractivity contribution in [2.75, 3.05) is 25.0 Å². The van der Waals surface area contributed by atoms with Crippen LogP contribution in [0.2, 0.25) is 0 Å². The molecule has 1 aromatic rings. The fourth-order valence-corrected chi connectivity index (χ4v) is 1.51. The van der Waals surface area contributed by atoms with Crippen LogP contribution in [-0.4, -0.2) is 25.6 Å². The van der Waals surface area contributed by atoms with E-state index in [0.717, 1.165) is 43.9 Å². The normalized spacial score (nSPS) is 10.0. The van der Waals surface area contributed by atoms with Gasteiger partial charge in [-0.15, -0.1) is 0 Å². The first-order valence-electron chi connectivity index (χ1n) is 6.99. The van der Waals surface area contributed by atoms with E-state index >= 15 is 0 Å². The molecule has 0 heterocycles.